The van der Waals surface area contributed by atoms with Crippen LogP contribution in [0.1, 0.15) is 16.8 Å². The number of primary amides is 1. The number of anilines is 1. The van der Waals surface area contributed by atoms with Gasteiger partial charge in [-0.05, 0) is 17.9 Å². The first-order valence-corrected chi connectivity index (χ1v) is 6.08. The molecule has 1 aliphatic carbocycles. The maximum atomic E-state index is 11.9. The van der Waals surface area contributed by atoms with Crippen LogP contribution in [-0.4, -0.2) is 17.9 Å². The molecule has 0 fully saturated rings. The summed E-state index contributed by atoms with van der Waals surface area (Å²) in [4.78, 5) is 23.0. The fourth-order valence-electron chi connectivity index (χ4n) is 1.73. The van der Waals surface area contributed by atoms with Gasteiger partial charge < -0.3 is 16.8 Å². The Hall–Kier alpha value is -1.66. The summed E-state index contributed by atoms with van der Waals surface area (Å²) in [5.74, 6) is -0.924. The van der Waals surface area contributed by atoms with Crippen molar-refractivity contribution >= 4 is 28.2 Å². The zero-order chi connectivity index (χ0) is 12.4. The van der Waals surface area contributed by atoms with Crippen molar-refractivity contribution < 1.29 is 9.59 Å². The summed E-state index contributed by atoms with van der Waals surface area (Å²) < 4.78 is 0. The quantitative estimate of drug-likeness (QED) is 0.689. The lowest BCUT2D eigenvalue weighted by atomic mass is 10.1. The number of carbonyl (C=O) groups is 2. The Balaban J connectivity index is 2.06. The Kier molecular flexibility index (Phi) is 3.26. The minimum absolute atomic E-state index is 0.0651. The van der Waals surface area contributed by atoms with Gasteiger partial charge in [0, 0.05) is 6.04 Å². The number of thiophene rings is 1. The molecule has 0 saturated heterocycles. The van der Waals surface area contributed by atoms with Gasteiger partial charge in [-0.25, -0.2) is 0 Å². The van der Waals surface area contributed by atoms with E-state index in [0.717, 1.165) is 0 Å². The second-order valence-corrected chi connectivity index (χ2v) is 4.82. The molecular weight excluding hydrogens is 238 g/mol. The van der Waals surface area contributed by atoms with Gasteiger partial charge in [0.2, 0.25) is 5.91 Å². The fourth-order valence-corrected chi connectivity index (χ4v) is 2.52. The molecule has 2 rings (SSSR count). The zero-order valence-corrected chi connectivity index (χ0v) is 9.87. The molecule has 1 aromatic heterocycles. The Morgan fingerprint density at radius 3 is 2.76 bits per heavy atom. The van der Waals surface area contributed by atoms with E-state index in [9.17, 15) is 9.59 Å². The summed E-state index contributed by atoms with van der Waals surface area (Å²) in [6.45, 7) is 0. The van der Waals surface area contributed by atoms with Gasteiger partial charge in [0.15, 0.2) is 0 Å². The highest BCUT2D eigenvalue weighted by Crippen LogP contribution is 2.25. The van der Waals surface area contributed by atoms with Crippen molar-refractivity contribution in [1.29, 1.82) is 0 Å². The lowest BCUT2D eigenvalue weighted by Gasteiger charge is -2.09. The highest BCUT2D eigenvalue weighted by molar-refractivity contribution is 7.14. The molecule has 2 unspecified atom stereocenters. The van der Waals surface area contributed by atoms with Gasteiger partial charge in [0.25, 0.3) is 5.91 Å². The lowest BCUT2D eigenvalue weighted by molar-refractivity contribution is -0.118. The fraction of sp³-hybridized carbons (Fsp3) is 0.273. The van der Waals surface area contributed by atoms with Crippen LogP contribution < -0.4 is 16.8 Å². The molecule has 2 amide bonds. The third-order valence-electron chi connectivity index (χ3n) is 2.62. The summed E-state index contributed by atoms with van der Waals surface area (Å²) in [7, 11) is 0. The van der Waals surface area contributed by atoms with Crippen LogP contribution in [0.15, 0.2) is 23.6 Å². The molecule has 5 nitrogen and oxygen atoms in total. The summed E-state index contributed by atoms with van der Waals surface area (Å²) in [6, 6.07) is 1.53. The number of nitrogens with two attached hydrogens (primary N) is 2. The Labute approximate surface area is 102 Å². The lowest BCUT2D eigenvalue weighted by Crippen LogP contribution is -2.24. The Morgan fingerprint density at radius 1 is 1.41 bits per heavy atom. The third-order valence-corrected chi connectivity index (χ3v) is 3.45. The molecule has 1 aliphatic rings. The van der Waals surface area contributed by atoms with Crippen LogP contribution >= 0.6 is 11.3 Å². The predicted octanol–water partition coefficient (Wildman–Crippen LogP) is 0.689. The van der Waals surface area contributed by atoms with Crippen molar-refractivity contribution in [3.05, 3.63) is 29.2 Å². The van der Waals surface area contributed by atoms with Crippen LogP contribution in [0.4, 0.5) is 5.00 Å². The molecule has 6 heteroatoms. The first-order chi connectivity index (χ1) is 8.08. The van der Waals surface area contributed by atoms with Crippen molar-refractivity contribution in [1.82, 2.24) is 0 Å². The van der Waals surface area contributed by atoms with E-state index in [1.807, 2.05) is 6.08 Å². The molecule has 0 spiro atoms. The minimum Gasteiger partial charge on any atom is -0.366 e. The maximum absolute atomic E-state index is 11.9. The topological polar surface area (TPSA) is 98.2 Å². The standard InChI is InChI=1S/C11H13N3O2S/c12-7-2-1-6(5-7)10(16)14-11-8(9(13)15)3-4-17-11/h1-4,6-7H,5,12H2,(H2,13,15)(H,14,16). The molecule has 2 atom stereocenters. The summed E-state index contributed by atoms with van der Waals surface area (Å²) in [5.41, 5.74) is 11.2. The zero-order valence-electron chi connectivity index (χ0n) is 9.05. The van der Waals surface area contributed by atoms with Crippen LogP contribution in [0.2, 0.25) is 0 Å². The second kappa shape index (κ2) is 4.68. The molecule has 0 radical (unpaired) electrons. The molecule has 1 aromatic rings. The van der Waals surface area contributed by atoms with E-state index in [0.29, 0.717) is 17.0 Å². The molecule has 0 aromatic carbocycles. The normalized spacial score (nSPS) is 22.6. The van der Waals surface area contributed by atoms with Crippen molar-refractivity contribution in [2.24, 2.45) is 17.4 Å². The van der Waals surface area contributed by atoms with Crippen LogP contribution in [0.25, 0.3) is 0 Å². The van der Waals surface area contributed by atoms with Gasteiger partial charge >= 0.3 is 0 Å². The van der Waals surface area contributed by atoms with E-state index < -0.39 is 5.91 Å². The number of rotatable bonds is 3. The molecule has 0 bridgehead atoms. The van der Waals surface area contributed by atoms with E-state index >= 15 is 0 Å². The van der Waals surface area contributed by atoms with Crippen molar-refractivity contribution in [2.45, 2.75) is 12.5 Å². The van der Waals surface area contributed by atoms with E-state index in [-0.39, 0.29) is 17.9 Å². The highest BCUT2D eigenvalue weighted by Gasteiger charge is 2.24. The SMILES string of the molecule is NC(=O)c1ccsc1NC(=O)C1C=CC(N)C1. The van der Waals surface area contributed by atoms with Gasteiger partial charge in [-0.15, -0.1) is 11.3 Å². The Bertz CT molecular complexity index is 481. The van der Waals surface area contributed by atoms with Crippen LogP contribution in [-0.2, 0) is 4.79 Å². The maximum Gasteiger partial charge on any atom is 0.251 e. The molecule has 90 valence electrons. The highest BCUT2D eigenvalue weighted by atomic mass is 32.1. The summed E-state index contributed by atoms with van der Waals surface area (Å²) in [5, 5.41) is 4.92. The summed E-state index contributed by atoms with van der Waals surface area (Å²) >= 11 is 1.28. The van der Waals surface area contributed by atoms with Gasteiger partial charge in [-0.2, -0.15) is 0 Å². The molecule has 5 N–H and O–H groups in total. The molecule has 17 heavy (non-hydrogen) atoms. The molecule has 0 saturated carbocycles. The third kappa shape index (κ3) is 2.54. The average Bonchev–Trinajstić information content (AvgIpc) is 2.86. The molecule has 1 heterocycles. The van der Waals surface area contributed by atoms with E-state index in [1.54, 1.807) is 17.5 Å². The monoisotopic (exact) mass is 251 g/mol. The summed E-state index contributed by atoms with van der Waals surface area (Å²) in [6.07, 6.45) is 4.20. The number of amides is 2. The van der Waals surface area contributed by atoms with Gasteiger partial charge in [0.05, 0.1) is 11.5 Å². The average molecular weight is 251 g/mol. The van der Waals surface area contributed by atoms with Gasteiger partial charge in [-0.1, -0.05) is 12.2 Å². The van der Waals surface area contributed by atoms with E-state index in [2.05, 4.69) is 5.32 Å². The van der Waals surface area contributed by atoms with Crippen LogP contribution in [0.3, 0.4) is 0 Å². The minimum atomic E-state index is -0.541. The number of carbonyl (C=O) groups excluding carboxylic acids is 2. The second-order valence-electron chi connectivity index (χ2n) is 3.91. The van der Waals surface area contributed by atoms with E-state index in [1.165, 1.54) is 11.3 Å². The first kappa shape index (κ1) is 11.8. The number of hydrogen-bond donors (Lipinski definition) is 3. The van der Waals surface area contributed by atoms with Crippen molar-refractivity contribution in [2.75, 3.05) is 5.32 Å². The number of hydrogen-bond acceptors (Lipinski definition) is 4. The van der Waals surface area contributed by atoms with Crippen LogP contribution in [0, 0.1) is 5.92 Å². The van der Waals surface area contributed by atoms with E-state index in [4.69, 9.17) is 11.5 Å². The van der Waals surface area contributed by atoms with Gasteiger partial charge in [0.1, 0.15) is 5.00 Å². The molecular formula is C11H13N3O2S. The Morgan fingerprint density at radius 2 is 2.18 bits per heavy atom. The van der Waals surface area contributed by atoms with Crippen molar-refractivity contribution in [3.63, 3.8) is 0 Å². The predicted molar refractivity (Wildman–Crippen MR) is 66.7 cm³/mol. The first-order valence-electron chi connectivity index (χ1n) is 5.20. The molecule has 0 aliphatic heterocycles. The smallest absolute Gasteiger partial charge is 0.251 e. The largest absolute Gasteiger partial charge is 0.366 e. The van der Waals surface area contributed by atoms with Gasteiger partial charge in [-0.3, -0.25) is 9.59 Å². The van der Waals surface area contributed by atoms with Crippen LogP contribution in [0.5, 0.6) is 0 Å². The van der Waals surface area contributed by atoms with Crippen molar-refractivity contribution in [3.8, 4) is 0 Å². The number of nitrogens with one attached hydrogen (secondary N) is 1.